The van der Waals surface area contributed by atoms with E-state index in [2.05, 4.69) is 41.1 Å². The van der Waals surface area contributed by atoms with Gasteiger partial charge >= 0.3 is 0 Å². The minimum atomic E-state index is -0.179. The van der Waals surface area contributed by atoms with Crippen molar-refractivity contribution in [1.82, 2.24) is 19.9 Å². The second-order valence-corrected chi connectivity index (χ2v) is 7.75. The van der Waals surface area contributed by atoms with Gasteiger partial charge < -0.3 is 15.3 Å². The summed E-state index contributed by atoms with van der Waals surface area (Å²) in [6.07, 6.45) is 6.59. The summed E-state index contributed by atoms with van der Waals surface area (Å²) >= 11 is 3.48. The first-order valence-corrected chi connectivity index (χ1v) is 9.80. The van der Waals surface area contributed by atoms with E-state index in [1.54, 1.807) is 6.20 Å². The number of benzene rings is 1. The molecule has 1 fully saturated rings. The van der Waals surface area contributed by atoms with Crippen molar-refractivity contribution in [2.24, 2.45) is 0 Å². The van der Waals surface area contributed by atoms with Crippen molar-refractivity contribution in [2.75, 3.05) is 17.3 Å². The maximum Gasteiger partial charge on any atom is 0.226 e. The third-order valence-electron chi connectivity index (χ3n) is 4.98. The number of rotatable bonds is 4. The molecule has 1 aliphatic rings. The van der Waals surface area contributed by atoms with Gasteiger partial charge in [0.05, 0.1) is 12.3 Å². The lowest BCUT2D eigenvalue weighted by Crippen LogP contribution is -2.37. The second kappa shape index (κ2) is 7.74. The van der Waals surface area contributed by atoms with Crippen LogP contribution in [0.25, 0.3) is 11.0 Å². The Morgan fingerprint density at radius 1 is 1.15 bits per heavy atom. The predicted molar refractivity (Wildman–Crippen MR) is 109 cm³/mol. The van der Waals surface area contributed by atoms with Crippen LogP contribution in [0.15, 0.2) is 41.3 Å². The number of aliphatic hydroxyl groups excluding tert-OH is 1. The highest BCUT2D eigenvalue weighted by Gasteiger charge is 2.24. The molecule has 0 aliphatic heterocycles. The zero-order valence-electron chi connectivity index (χ0n) is 15.0. The molecule has 0 unspecified atom stereocenters. The van der Waals surface area contributed by atoms with E-state index in [0.29, 0.717) is 28.8 Å². The van der Waals surface area contributed by atoms with E-state index in [1.165, 1.54) is 6.33 Å². The molecule has 0 atom stereocenters. The highest BCUT2D eigenvalue weighted by Crippen LogP contribution is 2.27. The normalized spacial score (nSPS) is 19.8. The third kappa shape index (κ3) is 4.01. The van der Waals surface area contributed by atoms with E-state index in [1.807, 2.05) is 31.3 Å². The van der Waals surface area contributed by atoms with Crippen LogP contribution in [-0.2, 0) is 0 Å². The fourth-order valence-electron chi connectivity index (χ4n) is 3.42. The van der Waals surface area contributed by atoms with Crippen molar-refractivity contribution in [3.63, 3.8) is 0 Å². The Bertz CT molecular complexity index is 944. The molecule has 2 heterocycles. The molecule has 4 rings (SSSR count). The summed E-state index contributed by atoms with van der Waals surface area (Å²) in [4.78, 5) is 20.0. The SMILES string of the molecule is CN(c1ncc2ncnc(Nc3cccc(Br)c3)c2n1)[C@H]1CC[C@H](O)CC1. The number of anilines is 3. The van der Waals surface area contributed by atoms with Crippen LogP contribution in [0.2, 0.25) is 0 Å². The second-order valence-electron chi connectivity index (χ2n) is 6.83. The lowest BCUT2D eigenvalue weighted by Gasteiger charge is -2.33. The number of nitrogens with one attached hydrogen (secondary N) is 1. The Labute approximate surface area is 166 Å². The van der Waals surface area contributed by atoms with Crippen LogP contribution in [0, 0.1) is 0 Å². The lowest BCUT2D eigenvalue weighted by molar-refractivity contribution is 0.122. The Balaban J connectivity index is 1.64. The lowest BCUT2D eigenvalue weighted by atomic mass is 9.92. The first kappa shape index (κ1) is 18.1. The highest BCUT2D eigenvalue weighted by molar-refractivity contribution is 9.10. The molecule has 140 valence electrons. The van der Waals surface area contributed by atoms with Crippen molar-refractivity contribution >= 4 is 44.4 Å². The average Bonchev–Trinajstić information content (AvgIpc) is 2.68. The Morgan fingerprint density at radius 3 is 2.74 bits per heavy atom. The van der Waals surface area contributed by atoms with Gasteiger partial charge in [0, 0.05) is 23.2 Å². The maximum atomic E-state index is 9.74. The van der Waals surface area contributed by atoms with E-state index in [9.17, 15) is 5.11 Å². The van der Waals surface area contributed by atoms with Crippen LogP contribution in [-0.4, -0.2) is 44.2 Å². The number of fused-ring (bicyclic) bond motifs is 1. The van der Waals surface area contributed by atoms with Crippen LogP contribution in [0.4, 0.5) is 17.5 Å². The van der Waals surface area contributed by atoms with Crippen molar-refractivity contribution in [3.8, 4) is 0 Å². The standard InChI is InChI=1S/C19H21BrN6O/c1-26(14-5-7-15(27)8-6-14)19-21-10-16-17(25-19)18(23-11-22-16)24-13-4-2-3-12(20)9-13/h2-4,9-11,14-15,27H,5-8H2,1H3,(H,22,23,24)/t14-,15-. The van der Waals surface area contributed by atoms with Gasteiger partial charge in [-0.2, -0.15) is 0 Å². The van der Waals surface area contributed by atoms with Gasteiger partial charge in [-0.25, -0.2) is 19.9 Å². The van der Waals surface area contributed by atoms with Gasteiger partial charge in [0.25, 0.3) is 0 Å². The van der Waals surface area contributed by atoms with Crippen LogP contribution in [0.3, 0.4) is 0 Å². The Hall–Kier alpha value is -2.32. The number of nitrogens with zero attached hydrogens (tertiary/aromatic N) is 5. The molecular weight excluding hydrogens is 408 g/mol. The summed E-state index contributed by atoms with van der Waals surface area (Å²) in [5.41, 5.74) is 2.29. The summed E-state index contributed by atoms with van der Waals surface area (Å²) in [5, 5.41) is 13.1. The molecule has 0 saturated heterocycles. The largest absolute Gasteiger partial charge is 0.393 e. The first-order chi connectivity index (χ1) is 13.1. The Morgan fingerprint density at radius 2 is 1.96 bits per heavy atom. The summed E-state index contributed by atoms with van der Waals surface area (Å²) in [7, 11) is 2.01. The molecule has 0 radical (unpaired) electrons. The maximum absolute atomic E-state index is 9.74. The fourth-order valence-corrected chi connectivity index (χ4v) is 3.82. The van der Waals surface area contributed by atoms with E-state index in [4.69, 9.17) is 4.98 Å². The van der Waals surface area contributed by atoms with Crippen LogP contribution in [0.5, 0.6) is 0 Å². The minimum Gasteiger partial charge on any atom is -0.393 e. The van der Waals surface area contributed by atoms with Gasteiger partial charge in [-0.1, -0.05) is 22.0 Å². The van der Waals surface area contributed by atoms with Crippen LogP contribution < -0.4 is 10.2 Å². The molecule has 8 heteroatoms. The van der Waals surface area contributed by atoms with E-state index in [0.717, 1.165) is 35.8 Å². The Kier molecular flexibility index (Phi) is 5.18. The van der Waals surface area contributed by atoms with Gasteiger partial charge in [-0.05, 0) is 43.9 Å². The summed E-state index contributed by atoms with van der Waals surface area (Å²) < 4.78 is 0.986. The molecule has 0 spiro atoms. The molecule has 3 aromatic rings. The van der Waals surface area contributed by atoms with Crippen LogP contribution >= 0.6 is 15.9 Å². The molecule has 0 amide bonds. The zero-order valence-corrected chi connectivity index (χ0v) is 16.6. The number of aliphatic hydroxyl groups is 1. The fraction of sp³-hybridized carbons (Fsp3) is 0.368. The smallest absolute Gasteiger partial charge is 0.226 e. The summed E-state index contributed by atoms with van der Waals surface area (Å²) in [6, 6.07) is 8.22. The zero-order chi connectivity index (χ0) is 18.8. The summed E-state index contributed by atoms with van der Waals surface area (Å²) in [6.45, 7) is 0. The number of hydrogen-bond acceptors (Lipinski definition) is 7. The van der Waals surface area contributed by atoms with E-state index >= 15 is 0 Å². The predicted octanol–water partition coefficient (Wildman–Crippen LogP) is 3.67. The molecular formula is C19H21BrN6O. The monoisotopic (exact) mass is 428 g/mol. The van der Waals surface area contributed by atoms with Crippen molar-refractivity contribution in [1.29, 1.82) is 0 Å². The van der Waals surface area contributed by atoms with Gasteiger partial charge in [-0.3, -0.25) is 0 Å². The van der Waals surface area contributed by atoms with Crippen molar-refractivity contribution < 1.29 is 5.11 Å². The van der Waals surface area contributed by atoms with Gasteiger partial charge in [0.1, 0.15) is 17.4 Å². The minimum absolute atomic E-state index is 0.179. The molecule has 2 N–H and O–H groups in total. The van der Waals surface area contributed by atoms with Crippen LogP contribution in [0.1, 0.15) is 25.7 Å². The van der Waals surface area contributed by atoms with Crippen molar-refractivity contribution in [3.05, 3.63) is 41.3 Å². The molecule has 27 heavy (non-hydrogen) atoms. The van der Waals surface area contributed by atoms with Gasteiger partial charge in [0.2, 0.25) is 5.95 Å². The molecule has 1 aliphatic carbocycles. The summed E-state index contributed by atoms with van der Waals surface area (Å²) in [5.74, 6) is 1.30. The van der Waals surface area contributed by atoms with E-state index in [-0.39, 0.29) is 6.10 Å². The van der Waals surface area contributed by atoms with Gasteiger partial charge in [0.15, 0.2) is 5.82 Å². The molecule has 2 aromatic heterocycles. The van der Waals surface area contributed by atoms with E-state index < -0.39 is 0 Å². The highest BCUT2D eigenvalue weighted by atomic mass is 79.9. The first-order valence-electron chi connectivity index (χ1n) is 9.01. The quantitative estimate of drug-likeness (QED) is 0.655. The topological polar surface area (TPSA) is 87.1 Å². The molecule has 1 saturated carbocycles. The molecule has 7 nitrogen and oxygen atoms in total. The number of halogens is 1. The number of aromatic nitrogens is 4. The molecule has 1 aromatic carbocycles. The molecule has 0 bridgehead atoms. The van der Waals surface area contributed by atoms with Crippen molar-refractivity contribution in [2.45, 2.75) is 37.8 Å². The van der Waals surface area contributed by atoms with Gasteiger partial charge in [-0.15, -0.1) is 0 Å². The third-order valence-corrected chi connectivity index (χ3v) is 5.47. The average molecular weight is 429 g/mol. The number of hydrogen-bond donors (Lipinski definition) is 2.